The first kappa shape index (κ1) is 19.5. The number of nitrogens with one attached hydrogen (secondary N) is 1. The summed E-state index contributed by atoms with van der Waals surface area (Å²) < 4.78 is 4.97. The minimum absolute atomic E-state index is 0.0760. The average molecular weight is 398 g/mol. The van der Waals surface area contributed by atoms with Crippen molar-refractivity contribution in [2.75, 3.05) is 19.0 Å². The van der Waals surface area contributed by atoms with Crippen LogP contribution in [0.2, 0.25) is 0 Å². The number of aromatic hydroxyl groups is 1. The summed E-state index contributed by atoms with van der Waals surface area (Å²) in [5.41, 5.74) is 2.18. The van der Waals surface area contributed by atoms with Gasteiger partial charge >= 0.3 is 0 Å². The van der Waals surface area contributed by atoms with E-state index in [1.165, 1.54) is 19.3 Å². The Morgan fingerprint density at radius 1 is 1.21 bits per heavy atom. The maximum absolute atomic E-state index is 12.5. The van der Waals surface area contributed by atoms with E-state index < -0.39 is 17.1 Å². The minimum Gasteiger partial charge on any atom is -0.504 e. The molecule has 1 heterocycles. The third kappa shape index (κ3) is 4.34. The number of benzene rings is 2. The lowest BCUT2D eigenvalue weighted by Crippen LogP contribution is -2.36. The second-order valence-electron chi connectivity index (χ2n) is 6.11. The molecule has 0 aliphatic carbocycles. The molecule has 1 aliphatic heterocycles. The van der Waals surface area contributed by atoms with Gasteiger partial charge in [-0.3, -0.25) is 19.3 Å². The molecular weight excluding hydrogens is 380 g/mol. The highest BCUT2D eigenvalue weighted by Gasteiger charge is 2.36. The number of rotatable bonds is 5. The number of amides is 3. The van der Waals surface area contributed by atoms with Crippen LogP contribution in [0.5, 0.6) is 11.5 Å². The SMILES string of the molecule is COc1ccc(/C=C2/SC(=O)N(CC(=O)Nc3ccc(C)cc3)C2=O)cc1O. The molecule has 144 valence electrons. The normalized spacial score (nSPS) is 15.2. The average Bonchev–Trinajstić information content (AvgIpc) is 2.91. The van der Waals surface area contributed by atoms with Crippen LogP contribution in [-0.4, -0.2) is 40.7 Å². The van der Waals surface area contributed by atoms with Crippen LogP contribution >= 0.6 is 11.8 Å². The van der Waals surface area contributed by atoms with Crippen molar-refractivity contribution < 1.29 is 24.2 Å². The molecule has 2 aromatic rings. The quantitative estimate of drug-likeness (QED) is 0.750. The first-order chi connectivity index (χ1) is 13.4. The first-order valence-corrected chi connectivity index (χ1v) is 9.18. The number of aryl methyl sites for hydroxylation is 1. The number of anilines is 1. The van der Waals surface area contributed by atoms with Gasteiger partial charge in [-0.25, -0.2) is 0 Å². The van der Waals surface area contributed by atoms with E-state index >= 15 is 0 Å². The van der Waals surface area contributed by atoms with Crippen LogP contribution in [0.25, 0.3) is 6.08 Å². The van der Waals surface area contributed by atoms with E-state index in [0.29, 0.717) is 17.0 Å². The summed E-state index contributed by atoms with van der Waals surface area (Å²) >= 11 is 0.748. The van der Waals surface area contributed by atoms with Crippen molar-refractivity contribution in [1.82, 2.24) is 4.90 Å². The van der Waals surface area contributed by atoms with Gasteiger partial charge in [-0.2, -0.15) is 0 Å². The third-order valence-corrected chi connectivity index (χ3v) is 4.92. The molecule has 0 aromatic heterocycles. The summed E-state index contributed by atoms with van der Waals surface area (Å²) in [5, 5.41) is 12.0. The number of nitrogens with zero attached hydrogens (tertiary/aromatic N) is 1. The van der Waals surface area contributed by atoms with Gasteiger partial charge < -0.3 is 15.2 Å². The lowest BCUT2D eigenvalue weighted by Gasteiger charge is -2.12. The molecule has 1 saturated heterocycles. The Balaban J connectivity index is 1.69. The number of phenolic OH excluding ortho intramolecular Hbond substituents is 1. The second-order valence-corrected chi connectivity index (χ2v) is 7.11. The number of methoxy groups -OCH3 is 1. The van der Waals surface area contributed by atoms with Gasteiger partial charge in [0.15, 0.2) is 11.5 Å². The van der Waals surface area contributed by atoms with Gasteiger partial charge in [-0.1, -0.05) is 23.8 Å². The third-order valence-electron chi connectivity index (χ3n) is 4.01. The monoisotopic (exact) mass is 398 g/mol. The van der Waals surface area contributed by atoms with Crippen molar-refractivity contribution in [1.29, 1.82) is 0 Å². The largest absolute Gasteiger partial charge is 0.504 e. The number of phenols is 1. The molecular formula is C20H18N2O5S. The molecule has 0 spiro atoms. The van der Waals surface area contributed by atoms with Crippen molar-refractivity contribution in [3.8, 4) is 11.5 Å². The van der Waals surface area contributed by atoms with Crippen molar-refractivity contribution in [3.05, 3.63) is 58.5 Å². The number of ether oxygens (including phenoxy) is 1. The number of hydrogen-bond donors (Lipinski definition) is 2. The Morgan fingerprint density at radius 3 is 2.57 bits per heavy atom. The fourth-order valence-electron chi connectivity index (χ4n) is 2.57. The molecule has 2 N–H and O–H groups in total. The Kier molecular flexibility index (Phi) is 5.70. The Hall–Kier alpha value is -3.26. The zero-order valence-corrected chi connectivity index (χ0v) is 16.1. The molecule has 28 heavy (non-hydrogen) atoms. The van der Waals surface area contributed by atoms with Gasteiger partial charge in [0.05, 0.1) is 12.0 Å². The van der Waals surface area contributed by atoms with Gasteiger partial charge in [0, 0.05) is 5.69 Å². The lowest BCUT2D eigenvalue weighted by atomic mass is 10.2. The molecule has 8 heteroatoms. The van der Waals surface area contributed by atoms with Crippen molar-refractivity contribution in [2.24, 2.45) is 0 Å². The maximum Gasteiger partial charge on any atom is 0.294 e. The van der Waals surface area contributed by atoms with E-state index in [1.54, 1.807) is 24.3 Å². The van der Waals surface area contributed by atoms with Crippen LogP contribution in [0.4, 0.5) is 10.5 Å². The highest BCUT2D eigenvalue weighted by molar-refractivity contribution is 8.18. The first-order valence-electron chi connectivity index (χ1n) is 8.36. The topological polar surface area (TPSA) is 95.9 Å². The molecule has 0 radical (unpaired) electrons. The summed E-state index contributed by atoms with van der Waals surface area (Å²) in [6.45, 7) is 1.56. The Bertz CT molecular complexity index is 969. The highest BCUT2D eigenvalue weighted by atomic mass is 32.2. The summed E-state index contributed by atoms with van der Waals surface area (Å²) in [5.74, 6) is -0.787. The predicted octanol–water partition coefficient (Wildman–Crippen LogP) is 3.38. The molecule has 3 rings (SSSR count). The van der Waals surface area contributed by atoms with Gasteiger partial charge in [0.2, 0.25) is 5.91 Å². The van der Waals surface area contributed by atoms with E-state index in [9.17, 15) is 19.5 Å². The second kappa shape index (κ2) is 8.18. The smallest absolute Gasteiger partial charge is 0.294 e. The molecule has 7 nitrogen and oxygen atoms in total. The molecule has 1 fully saturated rings. The van der Waals surface area contributed by atoms with Gasteiger partial charge in [-0.15, -0.1) is 0 Å². The Morgan fingerprint density at radius 2 is 1.93 bits per heavy atom. The summed E-state index contributed by atoms with van der Waals surface area (Å²) in [4.78, 5) is 37.9. The zero-order valence-electron chi connectivity index (χ0n) is 15.3. The number of thioether (sulfide) groups is 1. The molecule has 3 amide bonds. The zero-order chi connectivity index (χ0) is 20.3. The molecule has 0 unspecified atom stereocenters. The highest BCUT2D eigenvalue weighted by Crippen LogP contribution is 2.34. The number of hydrogen-bond acceptors (Lipinski definition) is 6. The molecule has 0 bridgehead atoms. The van der Waals surface area contributed by atoms with Crippen molar-refractivity contribution in [2.45, 2.75) is 6.92 Å². The van der Waals surface area contributed by atoms with E-state index in [0.717, 1.165) is 22.2 Å². The summed E-state index contributed by atoms with van der Waals surface area (Å²) in [7, 11) is 1.43. The number of carbonyl (C=O) groups is 3. The van der Waals surface area contributed by atoms with Crippen LogP contribution in [0.15, 0.2) is 47.4 Å². The standard InChI is InChI=1S/C20H18N2O5S/c1-12-3-6-14(7-4-12)21-18(24)11-22-19(25)17(28-20(22)26)10-13-5-8-16(27-2)15(23)9-13/h3-10,23H,11H2,1-2H3,(H,21,24)/b17-10+. The molecule has 0 atom stereocenters. The van der Waals surface area contributed by atoms with E-state index in [2.05, 4.69) is 5.32 Å². The molecule has 0 saturated carbocycles. The van der Waals surface area contributed by atoms with E-state index in [4.69, 9.17) is 4.74 Å². The minimum atomic E-state index is -0.552. The van der Waals surface area contributed by atoms with Crippen molar-refractivity contribution in [3.63, 3.8) is 0 Å². The van der Waals surface area contributed by atoms with Gasteiger partial charge in [-0.05, 0) is 54.6 Å². The van der Waals surface area contributed by atoms with E-state index in [-0.39, 0.29) is 17.2 Å². The van der Waals surface area contributed by atoms with Crippen LogP contribution in [0, 0.1) is 6.92 Å². The lowest BCUT2D eigenvalue weighted by molar-refractivity contribution is -0.127. The summed E-state index contributed by atoms with van der Waals surface area (Å²) in [6.07, 6.45) is 1.49. The van der Waals surface area contributed by atoms with Crippen molar-refractivity contribution >= 4 is 40.6 Å². The van der Waals surface area contributed by atoms with Gasteiger partial charge in [0.25, 0.3) is 11.1 Å². The predicted molar refractivity (Wildman–Crippen MR) is 107 cm³/mol. The fourth-order valence-corrected chi connectivity index (χ4v) is 3.40. The van der Waals surface area contributed by atoms with Crippen LogP contribution in [-0.2, 0) is 9.59 Å². The summed E-state index contributed by atoms with van der Waals surface area (Å²) in [6, 6.07) is 11.8. The molecule has 1 aliphatic rings. The Labute approximate surface area is 166 Å². The maximum atomic E-state index is 12.5. The number of imide groups is 1. The van der Waals surface area contributed by atoms with Crippen LogP contribution < -0.4 is 10.1 Å². The van der Waals surface area contributed by atoms with Crippen LogP contribution in [0.1, 0.15) is 11.1 Å². The van der Waals surface area contributed by atoms with E-state index in [1.807, 2.05) is 19.1 Å². The molecule has 2 aromatic carbocycles. The fraction of sp³-hybridized carbons (Fsp3) is 0.150. The van der Waals surface area contributed by atoms with Gasteiger partial charge in [0.1, 0.15) is 6.54 Å². The number of carbonyl (C=O) groups excluding carboxylic acids is 3. The van der Waals surface area contributed by atoms with Crippen LogP contribution in [0.3, 0.4) is 0 Å².